The van der Waals surface area contributed by atoms with Crippen molar-refractivity contribution in [1.29, 1.82) is 0 Å². The summed E-state index contributed by atoms with van der Waals surface area (Å²) in [5.41, 5.74) is 6.51. The van der Waals surface area contributed by atoms with Gasteiger partial charge in [0, 0.05) is 14.6 Å². The van der Waals surface area contributed by atoms with Crippen LogP contribution in [0, 0.1) is 0 Å². The van der Waals surface area contributed by atoms with Gasteiger partial charge in [-0.3, -0.25) is 4.72 Å². The highest BCUT2D eigenvalue weighted by Gasteiger charge is 2.19. The third-order valence-electron chi connectivity index (χ3n) is 2.50. The van der Waals surface area contributed by atoms with E-state index in [1.165, 1.54) is 18.2 Å². The third-order valence-corrected chi connectivity index (χ3v) is 5.84. The summed E-state index contributed by atoms with van der Waals surface area (Å²) in [5.74, 6) is 0. The molecule has 0 aliphatic carbocycles. The Morgan fingerprint density at radius 3 is 2.10 bits per heavy atom. The first-order valence-electron chi connectivity index (χ1n) is 5.43. The van der Waals surface area contributed by atoms with E-state index in [0.717, 1.165) is 0 Å². The Morgan fingerprint density at radius 2 is 1.57 bits per heavy atom. The van der Waals surface area contributed by atoms with Gasteiger partial charge in [0.1, 0.15) is 0 Å². The molecule has 0 bridgehead atoms. The fourth-order valence-corrected chi connectivity index (χ4v) is 4.70. The topological polar surface area (TPSA) is 72.2 Å². The van der Waals surface area contributed by atoms with E-state index < -0.39 is 10.0 Å². The van der Waals surface area contributed by atoms with E-state index >= 15 is 0 Å². The lowest BCUT2D eigenvalue weighted by Crippen LogP contribution is -2.14. The number of nitrogens with one attached hydrogen (secondary N) is 1. The summed E-state index contributed by atoms with van der Waals surface area (Å²) >= 11 is 18.2. The van der Waals surface area contributed by atoms with Crippen LogP contribution in [0.15, 0.2) is 44.2 Å². The molecule has 0 aliphatic heterocycles. The normalized spacial score (nSPS) is 11.4. The molecule has 0 fully saturated rings. The lowest BCUT2D eigenvalue weighted by atomic mass is 10.3. The molecule has 0 radical (unpaired) electrons. The molecule has 9 heteroatoms. The maximum Gasteiger partial charge on any atom is 0.262 e. The number of hydrogen-bond acceptors (Lipinski definition) is 3. The Labute approximate surface area is 148 Å². The standard InChI is InChI=1S/C12H8Br2Cl2N2O2S/c13-8-3-6(17)4-9(14)12(8)18-21(19,20)7-1-2-10(15)11(16)5-7/h1-5,18H,17H2. The minimum atomic E-state index is -3.80. The second-order valence-corrected chi connectivity index (χ2v) is 8.25. The maximum atomic E-state index is 12.4. The summed E-state index contributed by atoms with van der Waals surface area (Å²) in [5, 5.41) is 0.445. The lowest BCUT2D eigenvalue weighted by Gasteiger charge is -2.13. The molecule has 0 heterocycles. The summed E-state index contributed by atoms with van der Waals surface area (Å²) < 4.78 is 28.2. The van der Waals surface area contributed by atoms with Gasteiger partial charge in [-0.05, 0) is 62.2 Å². The SMILES string of the molecule is Nc1cc(Br)c(NS(=O)(=O)c2ccc(Cl)c(Cl)c2)c(Br)c1. The predicted molar refractivity (Wildman–Crippen MR) is 93.5 cm³/mol. The van der Waals surface area contributed by atoms with Crippen LogP contribution in [0.1, 0.15) is 0 Å². The van der Waals surface area contributed by atoms with Crippen LogP contribution in [-0.2, 0) is 10.0 Å². The highest BCUT2D eigenvalue weighted by molar-refractivity contribution is 9.11. The first-order chi connectivity index (χ1) is 9.70. The molecular weight excluding hydrogens is 467 g/mol. The first-order valence-corrected chi connectivity index (χ1v) is 9.25. The number of sulfonamides is 1. The predicted octanol–water partition coefficient (Wildman–Crippen LogP) is 4.90. The molecule has 2 rings (SSSR count). The van der Waals surface area contributed by atoms with Crippen molar-refractivity contribution in [2.75, 3.05) is 10.5 Å². The summed E-state index contributed by atoms with van der Waals surface area (Å²) in [6.45, 7) is 0. The molecule has 21 heavy (non-hydrogen) atoms. The van der Waals surface area contributed by atoms with Crippen molar-refractivity contribution >= 4 is 76.5 Å². The Bertz CT molecular complexity index is 790. The Hall–Kier alpha value is -0.470. The van der Waals surface area contributed by atoms with E-state index in [-0.39, 0.29) is 14.9 Å². The number of hydrogen-bond donors (Lipinski definition) is 2. The van der Waals surface area contributed by atoms with Crippen molar-refractivity contribution < 1.29 is 8.42 Å². The largest absolute Gasteiger partial charge is 0.399 e. The number of nitrogens with two attached hydrogens (primary N) is 1. The van der Waals surface area contributed by atoms with E-state index in [9.17, 15) is 8.42 Å². The van der Waals surface area contributed by atoms with Gasteiger partial charge in [0.15, 0.2) is 0 Å². The van der Waals surface area contributed by atoms with Crippen LogP contribution in [-0.4, -0.2) is 8.42 Å². The van der Waals surface area contributed by atoms with E-state index in [2.05, 4.69) is 36.6 Å². The van der Waals surface area contributed by atoms with Crippen LogP contribution in [0.5, 0.6) is 0 Å². The molecule has 4 nitrogen and oxygen atoms in total. The first kappa shape index (κ1) is 16.9. The van der Waals surface area contributed by atoms with Gasteiger partial charge in [-0.2, -0.15) is 0 Å². The van der Waals surface area contributed by atoms with Crippen molar-refractivity contribution in [2.24, 2.45) is 0 Å². The summed E-state index contributed by atoms with van der Waals surface area (Å²) in [7, 11) is -3.80. The zero-order valence-corrected chi connectivity index (χ0v) is 15.7. The molecule has 0 aromatic heterocycles. The molecule has 2 aromatic carbocycles. The monoisotopic (exact) mass is 472 g/mol. The number of halogens is 4. The number of rotatable bonds is 3. The van der Waals surface area contributed by atoms with Gasteiger partial charge in [-0.25, -0.2) is 8.42 Å². The zero-order valence-electron chi connectivity index (χ0n) is 10.2. The molecule has 2 aromatic rings. The van der Waals surface area contributed by atoms with Gasteiger partial charge >= 0.3 is 0 Å². The van der Waals surface area contributed by atoms with Crippen molar-refractivity contribution in [3.63, 3.8) is 0 Å². The maximum absolute atomic E-state index is 12.4. The smallest absolute Gasteiger partial charge is 0.262 e. The zero-order chi connectivity index (χ0) is 15.8. The van der Waals surface area contributed by atoms with Crippen LogP contribution in [0.4, 0.5) is 11.4 Å². The minimum absolute atomic E-state index is 0.00697. The summed E-state index contributed by atoms with van der Waals surface area (Å²) in [4.78, 5) is 0.00697. The van der Waals surface area contributed by atoms with E-state index in [0.29, 0.717) is 20.3 Å². The highest BCUT2D eigenvalue weighted by atomic mass is 79.9. The van der Waals surface area contributed by atoms with Gasteiger partial charge in [0.2, 0.25) is 0 Å². The fourth-order valence-electron chi connectivity index (χ4n) is 1.53. The second kappa shape index (κ2) is 6.34. The quantitative estimate of drug-likeness (QED) is 0.621. The molecule has 0 amide bonds. The lowest BCUT2D eigenvalue weighted by molar-refractivity contribution is 0.601. The van der Waals surface area contributed by atoms with Gasteiger partial charge in [-0.1, -0.05) is 23.2 Å². The Kier molecular flexibility index (Phi) is 5.10. The van der Waals surface area contributed by atoms with Crippen molar-refractivity contribution in [3.8, 4) is 0 Å². The van der Waals surface area contributed by atoms with Crippen LogP contribution >= 0.6 is 55.1 Å². The molecular formula is C12H8Br2Cl2N2O2S. The van der Waals surface area contributed by atoms with Crippen LogP contribution < -0.4 is 10.5 Å². The van der Waals surface area contributed by atoms with Crippen LogP contribution in [0.25, 0.3) is 0 Å². The number of nitrogen functional groups attached to an aromatic ring is 1. The summed E-state index contributed by atoms with van der Waals surface area (Å²) in [6, 6.07) is 7.27. The van der Waals surface area contributed by atoms with Gasteiger partial charge in [0.05, 0.1) is 20.6 Å². The Balaban J connectivity index is 2.44. The molecule has 3 N–H and O–H groups in total. The van der Waals surface area contributed by atoms with Crippen LogP contribution in [0.2, 0.25) is 10.0 Å². The fraction of sp³-hybridized carbons (Fsp3) is 0. The molecule has 0 unspecified atom stereocenters. The molecule has 0 saturated heterocycles. The van der Waals surface area contributed by atoms with Crippen molar-refractivity contribution in [2.45, 2.75) is 4.90 Å². The highest BCUT2D eigenvalue weighted by Crippen LogP contribution is 2.35. The second-order valence-electron chi connectivity index (χ2n) is 4.04. The molecule has 112 valence electrons. The number of anilines is 2. The summed E-state index contributed by atoms with van der Waals surface area (Å²) in [6.07, 6.45) is 0. The van der Waals surface area contributed by atoms with E-state index in [1.807, 2.05) is 0 Å². The minimum Gasteiger partial charge on any atom is -0.399 e. The average Bonchev–Trinajstić information content (AvgIpc) is 2.37. The van der Waals surface area contributed by atoms with Crippen molar-refractivity contribution in [1.82, 2.24) is 0 Å². The van der Waals surface area contributed by atoms with E-state index in [1.54, 1.807) is 12.1 Å². The van der Waals surface area contributed by atoms with Crippen molar-refractivity contribution in [3.05, 3.63) is 49.3 Å². The average molecular weight is 475 g/mol. The molecule has 0 saturated carbocycles. The van der Waals surface area contributed by atoms with Crippen LogP contribution in [0.3, 0.4) is 0 Å². The van der Waals surface area contributed by atoms with E-state index in [4.69, 9.17) is 28.9 Å². The Morgan fingerprint density at radius 1 is 1.00 bits per heavy atom. The van der Waals surface area contributed by atoms with Gasteiger partial charge in [-0.15, -0.1) is 0 Å². The van der Waals surface area contributed by atoms with Gasteiger partial charge < -0.3 is 5.73 Å². The molecule has 0 aliphatic rings. The number of benzene rings is 2. The third kappa shape index (κ3) is 3.84. The molecule has 0 spiro atoms. The van der Waals surface area contributed by atoms with Gasteiger partial charge in [0.25, 0.3) is 10.0 Å². The molecule has 0 atom stereocenters.